The summed E-state index contributed by atoms with van der Waals surface area (Å²) >= 11 is 3.36. The molecule has 0 aliphatic heterocycles. The van der Waals surface area contributed by atoms with E-state index in [1.54, 1.807) is 42.5 Å². The van der Waals surface area contributed by atoms with Gasteiger partial charge in [0.2, 0.25) is 0 Å². The van der Waals surface area contributed by atoms with Crippen LogP contribution < -0.4 is 15.5 Å². The zero-order valence-electron chi connectivity index (χ0n) is 18.6. The first-order valence-corrected chi connectivity index (χ1v) is 11.4. The second kappa shape index (κ2) is 10.8. The number of ether oxygens (including phenoxy) is 1. The number of benzene rings is 4. The maximum atomic E-state index is 12.5. The molecule has 0 aliphatic rings. The van der Waals surface area contributed by atoms with Gasteiger partial charge in [0, 0.05) is 21.1 Å². The lowest BCUT2D eigenvalue weighted by molar-refractivity contribution is -0.136. The maximum Gasteiger partial charge on any atom is 0.343 e. The van der Waals surface area contributed by atoms with Crippen LogP contribution in [0.4, 0.5) is 5.69 Å². The number of carbonyl (C=O) groups excluding carboxylic acids is 3. The third-order valence-electron chi connectivity index (χ3n) is 5.08. The summed E-state index contributed by atoms with van der Waals surface area (Å²) < 4.78 is 6.23. The molecule has 174 valence electrons. The first-order chi connectivity index (χ1) is 16.9. The lowest BCUT2D eigenvalue weighted by Crippen LogP contribution is -2.32. The summed E-state index contributed by atoms with van der Waals surface area (Å²) in [6.45, 7) is 1.93. The van der Waals surface area contributed by atoms with Gasteiger partial charge < -0.3 is 10.1 Å². The summed E-state index contributed by atoms with van der Waals surface area (Å²) in [6.07, 6.45) is 1.30. The van der Waals surface area contributed by atoms with E-state index in [4.69, 9.17) is 4.74 Å². The van der Waals surface area contributed by atoms with E-state index >= 15 is 0 Å². The summed E-state index contributed by atoms with van der Waals surface area (Å²) in [5.74, 6) is -2.08. The average Bonchev–Trinajstić information content (AvgIpc) is 2.86. The Kier molecular flexibility index (Phi) is 7.32. The number of carbonyl (C=O) groups is 3. The lowest BCUT2D eigenvalue weighted by Gasteiger charge is -2.09. The molecule has 7 nitrogen and oxygen atoms in total. The Morgan fingerprint density at radius 3 is 2.43 bits per heavy atom. The number of halogens is 1. The van der Waals surface area contributed by atoms with E-state index in [1.807, 2.05) is 49.4 Å². The number of hydrogen-bond donors (Lipinski definition) is 2. The number of anilines is 1. The molecule has 0 unspecified atom stereocenters. The van der Waals surface area contributed by atoms with Gasteiger partial charge in [-0.25, -0.2) is 10.2 Å². The van der Waals surface area contributed by atoms with Crippen molar-refractivity contribution in [3.8, 4) is 5.75 Å². The molecule has 0 radical (unpaired) electrons. The Labute approximate surface area is 209 Å². The van der Waals surface area contributed by atoms with Crippen LogP contribution in [-0.4, -0.2) is 24.0 Å². The van der Waals surface area contributed by atoms with Crippen LogP contribution in [0.2, 0.25) is 0 Å². The molecule has 4 aromatic carbocycles. The Hall–Kier alpha value is -4.30. The molecule has 0 fully saturated rings. The standard InChI is InChI=1S/C27H20BrN3O4/c1-17-9-11-19(12-10-17)27(34)35-24-14-13-21(28)15-20(24)16-29-31-26(33)25(32)30-23-8-4-6-18-5-2-3-7-22(18)23/h2-16H,1H3,(H,30,32)(H,31,33)/b29-16-. The van der Waals surface area contributed by atoms with Gasteiger partial charge >= 0.3 is 17.8 Å². The first kappa shape index (κ1) is 23.8. The van der Waals surface area contributed by atoms with Crippen LogP contribution in [0.5, 0.6) is 5.75 Å². The molecular formula is C27H20BrN3O4. The van der Waals surface area contributed by atoms with Crippen molar-refractivity contribution in [1.82, 2.24) is 5.43 Å². The van der Waals surface area contributed by atoms with Crippen molar-refractivity contribution in [2.24, 2.45) is 5.10 Å². The topological polar surface area (TPSA) is 96.9 Å². The molecule has 0 heterocycles. The van der Waals surface area contributed by atoms with Crippen LogP contribution in [-0.2, 0) is 9.59 Å². The fourth-order valence-electron chi connectivity index (χ4n) is 3.29. The van der Waals surface area contributed by atoms with Crippen molar-refractivity contribution in [2.45, 2.75) is 6.92 Å². The van der Waals surface area contributed by atoms with Gasteiger partial charge in [-0.3, -0.25) is 9.59 Å². The summed E-state index contributed by atoms with van der Waals surface area (Å²) in [5.41, 5.74) is 4.57. The van der Waals surface area contributed by atoms with Crippen LogP contribution >= 0.6 is 15.9 Å². The number of rotatable bonds is 5. The number of amides is 2. The van der Waals surface area contributed by atoms with E-state index in [2.05, 4.69) is 31.8 Å². The molecule has 2 amide bonds. The van der Waals surface area contributed by atoms with Gasteiger partial charge in [0.1, 0.15) is 5.75 Å². The molecule has 0 atom stereocenters. The van der Waals surface area contributed by atoms with Crippen molar-refractivity contribution in [3.05, 3.63) is 106 Å². The maximum absolute atomic E-state index is 12.5. The minimum absolute atomic E-state index is 0.247. The monoisotopic (exact) mass is 529 g/mol. The van der Waals surface area contributed by atoms with E-state index in [-0.39, 0.29) is 5.75 Å². The van der Waals surface area contributed by atoms with Crippen molar-refractivity contribution < 1.29 is 19.1 Å². The van der Waals surface area contributed by atoms with E-state index in [0.29, 0.717) is 21.3 Å². The highest BCUT2D eigenvalue weighted by molar-refractivity contribution is 9.10. The smallest absolute Gasteiger partial charge is 0.343 e. The molecule has 4 rings (SSSR count). The molecule has 0 saturated carbocycles. The molecule has 0 aliphatic carbocycles. The summed E-state index contributed by atoms with van der Waals surface area (Å²) in [6, 6.07) is 24.9. The highest BCUT2D eigenvalue weighted by Gasteiger charge is 2.15. The number of nitrogens with one attached hydrogen (secondary N) is 2. The largest absolute Gasteiger partial charge is 0.422 e. The van der Waals surface area contributed by atoms with Gasteiger partial charge in [-0.2, -0.15) is 5.10 Å². The Balaban J connectivity index is 1.43. The molecule has 0 spiro atoms. The summed E-state index contributed by atoms with van der Waals surface area (Å²) in [5, 5.41) is 8.21. The molecular weight excluding hydrogens is 510 g/mol. The number of esters is 1. The summed E-state index contributed by atoms with van der Waals surface area (Å²) in [4.78, 5) is 37.2. The quantitative estimate of drug-likeness (QED) is 0.122. The van der Waals surface area contributed by atoms with Crippen molar-refractivity contribution in [2.75, 3.05) is 5.32 Å². The van der Waals surface area contributed by atoms with E-state index in [1.165, 1.54) is 6.21 Å². The van der Waals surface area contributed by atoms with Gasteiger partial charge in [-0.1, -0.05) is 70.0 Å². The van der Waals surface area contributed by atoms with Gasteiger partial charge in [0.15, 0.2) is 0 Å². The Bertz CT molecular complexity index is 1440. The van der Waals surface area contributed by atoms with Crippen LogP contribution in [0.3, 0.4) is 0 Å². The zero-order chi connectivity index (χ0) is 24.8. The predicted octanol–water partition coefficient (Wildman–Crippen LogP) is 5.22. The second-order valence-electron chi connectivity index (χ2n) is 7.62. The minimum atomic E-state index is -0.942. The molecule has 4 aromatic rings. The van der Waals surface area contributed by atoms with E-state index in [0.717, 1.165) is 16.3 Å². The molecule has 8 heteroatoms. The second-order valence-corrected chi connectivity index (χ2v) is 8.53. The van der Waals surface area contributed by atoms with Crippen LogP contribution in [0, 0.1) is 6.92 Å². The highest BCUT2D eigenvalue weighted by atomic mass is 79.9. The summed E-state index contributed by atoms with van der Waals surface area (Å²) in [7, 11) is 0. The Morgan fingerprint density at radius 1 is 0.886 bits per heavy atom. The number of aryl methyl sites for hydroxylation is 1. The number of nitrogens with zero attached hydrogens (tertiary/aromatic N) is 1. The fraction of sp³-hybridized carbons (Fsp3) is 0.0370. The molecule has 2 N–H and O–H groups in total. The van der Waals surface area contributed by atoms with Gasteiger partial charge in [0.05, 0.1) is 11.8 Å². The highest BCUT2D eigenvalue weighted by Crippen LogP contribution is 2.24. The van der Waals surface area contributed by atoms with Crippen molar-refractivity contribution in [3.63, 3.8) is 0 Å². The van der Waals surface area contributed by atoms with E-state index in [9.17, 15) is 14.4 Å². The van der Waals surface area contributed by atoms with Gasteiger partial charge in [-0.15, -0.1) is 0 Å². The average molecular weight is 530 g/mol. The molecule has 35 heavy (non-hydrogen) atoms. The third-order valence-corrected chi connectivity index (χ3v) is 5.57. The fourth-order valence-corrected chi connectivity index (χ4v) is 3.67. The normalized spacial score (nSPS) is 10.8. The van der Waals surface area contributed by atoms with Gasteiger partial charge in [0.25, 0.3) is 0 Å². The van der Waals surface area contributed by atoms with Crippen molar-refractivity contribution in [1.29, 1.82) is 0 Å². The lowest BCUT2D eigenvalue weighted by atomic mass is 10.1. The Morgan fingerprint density at radius 2 is 1.63 bits per heavy atom. The van der Waals surface area contributed by atoms with Crippen molar-refractivity contribution >= 4 is 56.4 Å². The molecule has 0 aromatic heterocycles. The number of fused-ring (bicyclic) bond motifs is 1. The van der Waals surface area contributed by atoms with Crippen LogP contribution in [0.25, 0.3) is 10.8 Å². The van der Waals surface area contributed by atoms with E-state index < -0.39 is 17.8 Å². The predicted molar refractivity (Wildman–Crippen MR) is 139 cm³/mol. The molecule has 0 saturated heterocycles. The zero-order valence-corrected chi connectivity index (χ0v) is 20.2. The number of hydrazone groups is 1. The molecule has 0 bridgehead atoms. The van der Waals surface area contributed by atoms with Crippen LogP contribution in [0.15, 0.2) is 94.5 Å². The SMILES string of the molecule is Cc1ccc(C(=O)Oc2ccc(Br)cc2/C=N\NC(=O)C(=O)Nc2cccc3ccccc23)cc1. The van der Waals surface area contributed by atoms with Gasteiger partial charge in [-0.05, 0) is 48.7 Å². The van der Waals surface area contributed by atoms with Crippen LogP contribution in [0.1, 0.15) is 21.5 Å². The minimum Gasteiger partial charge on any atom is -0.422 e. The first-order valence-electron chi connectivity index (χ1n) is 10.6. The number of hydrogen-bond acceptors (Lipinski definition) is 5. The third kappa shape index (κ3) is 5.99.